The van der Waals surface area contributed by atoms with E-state index in [2.05, 4.69) is 10.3 Å². The van der Waals surface area contributed by atoms with E-state index in [-0.39, 0.29) is 12.3 Å². The van der Waals surface area contributed by atoms with Gasteiger partial charge in [-0.05, 0) is 35.7 Å². The Hall–Kier alpha value is -3.49. The van der Waals surface area contributed by atoms with Crippen LogP contribution in [0.15, 0.2) is 41.5 Å². The van der Waals surface area contributed by atoms with Gasteiger partial charge in [0.15, 0.2) is 5.49 Å². The largest absolute Gasteiger partial charge is 0.494 e. The first-order valence-electron chi connectivity index (χ1n) is 9.34. The second-order valence-electron chi connectivity index (χ2n) is 6.89. The van der Waals surface area contributed by atoms with E-state index in [9.17, 15) is 14.8 Å². The third-order valence-electron chi connectivity index (χ3n) is 4.67. The van der Waals surface area contributed by atoms with Gasteiger partial charge in [-0.1, -0.05) is 6.07 Å². The Labute approximate surface area is 167 Å². The molecule has 0 bridgehead atoms. The van der Waals surface area contributed by atoms with Crippen molar-refractivity contribution in [1.82, 2.24) is 10.0 Å². The number of benzene rings is 1. The van der Waals surface area contributed by atoms with Gasteiger partial charge in [-0.2, -0.15) is 4.73 Å². The van der Waals surface area contributed by atoms with E-state index in [1.165, 1.54) is 6.20 Å². The van der Waals surface area contributed by atoms with Crippen molar-refractivity contribution in [2.45, 2.75) is 25.8 Å². The van der Waals surface area contributed by atoms with Crippen LogP contribution in [0.4, 0.5) is 5.69 Å². The molecule has 0 fully saturated rings. The Bertz CT molecular complexity index is 970. The highest BCUT2D eigenvalue weighted by Gasteiger charge is 2.26. The van der Waals surface area contributed by atoms with Crippen LogP contribution in [0.1, 0.15) is 24.0 Å². The number of nitrogen functional groups attached to an aromatic ring is 1. The smallest absolute Gasteiger partial charge is 0.304 e. The summed E-state index contributed by atoms with van der Waals surface area (Å²) in [6.07, 6.45) is 2.28. The number of hydrogen-bond acceptors (Lipinski definition) is 6. The Morgan fingerprint density at radius 3 is 2.93 bits per heavy atom. The van der Waals surface area contributed by atoms with Crippen LogP contribution in [0, 0.1) is 5.92 Å². The minimum atomic E-state index is -0.983. The second-order valence-corrected chi connectivity index (χ2v) is 6.89. The SMILES string of the molecule is Nc1ccn(O)c(=NCCCOc2ccc3c(c2)CNC(=O)C(CC(=O)O)C3)c1. The van der Waals surface area contributed by atoms with E-state index in [1.807, 2.05) is 18.2 Å². The van der Waals surface area contributed by atoms with E-state index in [0.717, 1.165) is 15.9 Å². The minimum Gasteiger partial charge on any atom is -0.494 e. The lowest BCUT2D eigenvalue weighted by Crippen LogP contribution is -2.30. The highest BCUT2D eigenvalue weighted by molar-refractivity contribution is 5.84. The lowest BCUT2D eigenvalue weighted by molar-refractivity contribution is -0.141. The Morgan fingerprint density at radius 2 is 2.14 bits per heavy atom. The maximum Gasteiger partial charge on any atom is 0.304 e. The van der Waals surface area contributed by atoms with E-state index >= 15 is 0 Å². The molecule has 0 saturated carbocycles. The number of aliphatic carboxylic acids is 1. The van der Waals surface area contributed by atoms with Crippen molar-refractivity contribution in [2.24, 2.45) is 10.9 Å². The van der Waals surface area contributed by atoms with Crippen LogP contribution >= 0.6 is 0 Å². The number of nitrogens with two attached hydrogens (primary N) is 1. The number of carboxylic acid groups (broad SMARTS) is 1. The van der Waals surface area contributed by atoms with Gasteiger partial charge in [-0.15, -0.1) is 0 Å². The van der Waals surface area contributed by atoms with E-state index < -0.39 is 11.9 Å². The monoisotopic (exact) mass is 400 g/mol. The number of hydrogen-bond donors (Lipinski definition) is 4. The van der Waals surface area contributed by atoms with Gasteiger partial charge in [-0.3, -0.25) is 14.6 Å². The predicted octanol–water partition coefficient (Wildman–Crippen LogP) is 0.941. The third-order valence-corrected chi connectivity index (χ3v) is 4.67. The standard InChI is InChI=1S/C20H24N4O5/c21-16-4-6-24(28)18(11-16)22-5-1-7-29-17-3-2-13-8-14(10-19(25)26)20(27)23-12-15(13)9-17/h2-4,6,9,11,14,28H,1,5,7-8,10,12,21H2,(H,23,27)(H,25,26). The topological polar surface area (TPSA) is 139 Å². The molecule has 0 spiro atoms. The molecule has 1 amide bonds. The van der Waals surface area contributed by atoms with Crippen LogP contribution < -0.4 is 21.3 Å². The van der Waals surface area contributed by atoms with Gasteiger partial charge in [0.1, 0.15) is 5.75 Å². The van der Waals surface area contributed by atoms with Crippen LogP contribution in [0.3, 0.4) is 0 Å². The average molecular weight is 400 g/mol. The first-order valence-corrected chi connectivity index (χ1v) is 9.34. The van der Waals surface area contributed by atoms with E-state index in [1.54, 1.807) is 12.1 Å². The number of aromatic nitrogens is 1. The van der Waals surface area contributed by atoms with Gasteiger partial charge in [0, 0.05) is 37.5 Å². The summed E-state index contributed by atoms with van der Waals surface area (Å²) in [6.45, 7) is 1.24. The summed E-state index contributed by atoms with van der Waals surface area (Å²) >= 11 is 0. The fraction of sp³-hybridized carbons (Fsp3) is 0.350. The second kappa shape index (κ2) is 9.13. The molecule has 9 heteroatoms. The molecule has 1 aliphatic heterocycles. The molecule has 0 radical (unpaired) electrons. The van der Waals surface area contributed by atoms with Gasteiger partial charge in [0.05, 0.1) is 18.9 Å². The molecule has 3 rings (SSSR count). The van der Waals surface area contributed by atoms with E-state index in [4.69, 9.17) is 15.6 Å². The quantitative estimate of drug-likeness (QED) is 0.403. The number of carbonyl (C=O) groups excluding carboxylic acids is 1. The molecule has 0 aliphatic carbocycles. The molecule has 1 aliphatic rings. The summed E-state index contributed by atoms with van der Waals surface area (Å²) in [5.74, 6) is -1.11. The predicted molar refractivity (Wildman–Crippen MR) is 104 cm³/mol. The molecule has 0 saturated heterocycles. The van der Waals surface area contributed by atoms with Crippen molar-refractivity contribution in [3.63, 3.8) is 0 Å². The van der Waals surface area contributed by atoms with Crippen molar-refractivity contribution in [3.05, 3.63) is 53.1 Å². The lowest BCUT2D eigenvalue weighted by Gasteiger charge is -2.11. The molecule has 1 aromatic heterocycles. The number of nitrogens with one attached hydrogen (secondary N) is 1. The van der Waals surface area contributed by atoms with Crippen molar-refractivity contribution in [3.8, 4) is 5.75 Å². The number of anilines is 1. The molecule has 2 heterocycles. The molecular weight excluding hydrogens is 376 g/mol. The zero-order chi connectivity index (χ0) is 20.8. The summed E-state index contributed by atoms with van der Waals surface area (Å²) in [4.78, 5) is 27.3. The first kappa shape index (κ1) is 20.2. The van der Waals surface area contributed by atoms with Gasteiger partial charge < -0.3 is 26.1 Å². The van der Waals surface area contributed by atoms with Gasteiger partial charge in [-0.25, -0.2) is 0 Å². The summed E-state index contributed by atoms with van der Waals surface area (Å²) in [5, 5.41) is 21.4. The van der Waals surface area contributed by atoms with Crippen molar-refractivity contribution >= 4 is 17.6 Å². The number of pyridine rings is 1. The number of fused-ring (bicyclic) bond motifs is 1. The third kappa shape index (κ3) is 5.50. The number of carbonyl (C=O) groups is 2. The van der Waals surface area contributed by atoms with Gasteiger partial charge >= 0.3 is 5.97 Å². The minimum absolute atomic E-state index is 0.187. The lowest BCUT2D eigenvalue weighted by atomic mass is 9.94. The number of nitrogens with zero attached hydrogens (tertiary/aromatic N) is 2. The summed E-state index contributed by atoms with van der Waals surface area (Å²) in [6, 6.07) is 8.73. The highest BCUT2D eigenvalue weighted by atomic mass is 16.5. The van der Waals surface area contributed by atoms with Crippen molar-refractivity contribution in [1.29, 1.82) is 0 Å². The Kier molecular flexibility index (Phi) is 6.38. The summed E-state index contributed by atoms with van der Waals surface area (Å²) in [7, 11) is 0. The molecule has 1 atom stereocenters. The van der Waals surface area contributed by atoms with Crippen LogP contribution in [0.5, 0.6) is 5.75 Å². The fourth-order valence-electron chi connectivity index (χ4n) is 3.18. The normalized spacial score (nSPS) is 16.6. The fourth-order valence-corrected chi connectivity index (χ4v) is 3.18. The number of amides is 1. The van der Waals surface area contributed by atoms with Crippen LogP contribution in [0.25, 0.3) is 0 Å². The molecule has 1 aromatic carbocycles. The van der Waals surface area contributed by atoms with Crippen LogP contribution in [-0.4, -0.2) is 40.1 Å². The maximum absolute atomic E-state index is 12.1. The number of carboxylic acids is 1. The first-order chi connectivity index (χ1) is 13.9. The Balaban J connectivity index is 1.56. The zero-order valence-electron chi connectivity index (χ0n) is 15.9. The summed E-state index contributed by atoms with van der Waals surface area (Å²) < 4.78 is 6.67. The molecule has 29 heavy (non-hydrogen) atoms. The molecule has 5 N–H and O–H groups in total. The zero-order valence-corrected chi connectivity index (χ0v) is 15.9. The molecule has 2 aromatic rings. The van der Waals surface area contributed by atoms with Crippen LogP contribution in [0.2, 0.25) is 0 Å². The van der Waals surface area contributed by atoms with Crippen molar-refractivity contribution < 1.29 is 24.6 Å². The number of rotatable bonds is 7. The molecule has 9 nitrogen and oxygen atoms in total. The van der Waals surface area contributed by atoms with E-state index in [0.29, 0.717) is 49.5 Å². The van der Waals surface area contributed by atoms with Crippen LogP contribution in [-0.2, 0) is 22.6 Å². The summed E-state index contributed by atoms with van der Waals surface area (Å²) in [5.41, 5.74) is 8.45. The highest BCUT2D eigenvalue weighted by Crippen LogP contribution is 2.24. The molecule has 1 unspecified atom stereocenters. The Morgan fingerprint density at radius 1 is 1.31 bits per heavy atom. The van der Waals surface area contributed by atoms with Gasteiger partial charge in [0.2, 0.25) is 5.91 Å². The maximum atomic E-state index is 12.1. The van der Waals surface area contributed by atoms with Crippen molar-refractivity contribution in [2.75, 3.05) is 18.9 Å². The van der Waals surface area contributed by atoms with Gasteiger partial charge in [0.25, 0.3) is 0 Å². The average Bonchev–Trinajstić information content (AvgIpc) is 2.83. The number of ether oxygens (including phenoxy) is 1. The molecule has 154 valence electrons. The molecular formula is C20H24N4O5.